The zero-order valence-electron chi connectivity index (χ0n) is 18.4. The second kappa shape index (κ2) is 10.7. The lowest BCUT2D eigenvalue weighted by molar-refractivity contribution is -0.122. The normalized spacial score (nSPS) is 15.2. The molecule has 0 fully saturated rings. The van der Waals surface area contributed by atoms with Crippen molar-refractivity contribution in [1.82, 2.24) is 15.7 Å². The van der Waals surface area contributed by atoms with E-state index in [1.54, 1.807) is 29.7 Å². The van der Waals surface area contributed by atoms with Crippen LogP contribution in [-0.4, -0.2) is 40.4 Å². The van der Waals surface area contributed by atoms with Gasteiger partial charge in [0.15, 0.2) is 0 Å². The molecule has 0 aromatic heterocycles. The molecule has 3 amide bonds. The molecule has 3 rings (SSSR count). The van der Waals surface area contributed by atoms with Crippen LogP contribution in [0.3, 0.4) is 0 Å². The monoisotopic (exact) mass is 435 g/mol. The molecular formula is C25H29N3O4. The molecule has 2 aromatic carbocycles. The minimum atomic E-state index is -0.611. The molecule has 32 heavy (non-hydrogen) atoms. The van der Waals surface area contributed by atoms with E-state index in [9.17, 15) is 14.4 Å². The molecule has 0 unspecified atom stereocenters. The number of carbonyl (C=O) groups is 3. The van der Waals surface area contributed by atoms with Crippen molar-refractivity contribution in [2.24, 2.45) is 0 Å². The third-order valence-corrected chi connectivity index (χ3v) is 5.38. The predicted molar refractivity (Wildman–Crippen MR) is 121 cm³/mol. The molecule has 0 bridgehead atoms. The molecule has 168 valence electrons. The first-order valence-corrected chi connectivity index (χ1v) is 10.7. The Balaban J connectivity index is 1.80. The summed E-state index contributed by atoms with van der Waals surface area (Å²) in [5.41, 5.74) is 5.14. The minimum Gasteiger partial charge on any atom is -0.348 e. The zero-order valence-corrected chi connectivity index (χ0v) is 18.4. The summed E-state index contributed by atoms with van der Waals surface area (Å²) in [7, 11) is 0. The fourth-order valence-corrected chi connectivity index (χ4v) is 3.89. The van der Waals surface area contributed by atoms with Crippen molar-refractivity contribution >= 4 is 17.7 Å². The van der Waals surface area contributed by atoms with Crippen LogP contribution in [0.25, 0.3) is 0 Å². The van der Waals surface area contributed by atoms with E-state index in [0.717, 1.165) is 36.0 Å². The fourth-order valence-electron chi connectivity index (χ4n) is 3.89. The molecule has 0 aliphatic heterocycles. The molecule has 0 heterocycles. The smallest absolute Gasteiger partial charge is 0.274 e. The maximum Gasteiger partial charge on any atom is 0.274 e. The van der Waals surface area contributed by atoms with Gasteiger partial charge in [0.2, 0.25) is 5.91 Å². The fraction of sp³-hybridized carbons (Fsp3) is 0.320. The molecule has 3 N–H and O–H groups in total. The maximum atomic E-state index is 13.3. The largest absolute Gasteiger partial charge is 0.348 e. The number of nitrogens with zero attached hydrogens (tertiary/aromatic N) is 1. The Bertz CT molecular complexity index is 994. The Morgan fingerprint density at radius 3 is 2.31 bits per heavy atom. The van der Waals surface area contributed by atoms with Gasteiger partial charge in [-0.15, -0.1) is 0 Å². The van der Waals surface area contributed by atoms with Crippen LogP contribution in [0.5, 0.6) is 0 Å². The minimum absolute atomic E-state index is 0.00862. The Morgan fingerprint density at radius 2 is 1.72 bits per heavy atom. The standard InChI is InChI=1S/C25H29N3O4/c1-17-12-18(2)14-21(13-17)25(31)28(16-23(29)26-22-6-4-3-5-7-22)15-19-8-10-20(11-9-19)24(30)27-32/h4,6,8-14,22,32H,3,5,7,15-16H2,1-2H3,(H,26,29)(H,27,30)/t22-/m0/s1. The van der Waals surface area contributed by atoms with E-state index < -0.39 is 5.91 Å². The molecule has 2 aromatic rings. The molecule has 0 radical (unpaired) electrons. The first-order chi connectivity index (χ1) is 15.4. The van der Waals surface area contributed by atoms with Crippen molar-refractivity contribution in [2.45, 2.75) is 45.7 Å². The van der Waals surface area contributed by atoms with Gasteiger partial charge in [-0.05, 0) is 62.9 Å². The van der Waals surface area contributed by atoms with Gasteiger partial charge < -0.3 is 10.2 Å². The van der Waals surface area contributed by atoms with Crippen molar-refractivity contribution in [1.29, 1.82) is 0 Å². The van der Waals surface area contributed by atoms with Gasteiger partial charge in [-0.3, -0.25) is 19.6 Å². The highest BCUT2D eigenvalue weighted by Crippen LogP contribution is 2.15. The third kappa shape index (κ3) is 6.28. The van der Waals surface area contributed by atoms with Crippen molar-refractivity contribution in [3.05, 3.63) is 82.4 Å². The van der Waals surface area contributed by atoms with Gasteiger partial charge in [-0.1, -0.05) is 41.5 Å². The summed E-state index contributed by atoms with van der Waals surface area (Å²) in [6.07, 6.45) is 7.01. The lowest BCUT2D eigenvalue weighted by Gasteiger charge is -2.25. The van der Waals surface area contributed by atoms with Gasteiger partial charge in [0.05, 0.1) is 0 Å². The van der Waals surface area contributed by atoms with Gasteiger partial charge in [0, 0.05) is 23.7 Å². The number of hydrogen-bond acceptors (Lipinski definition) is 4. The molecule has 0 saturated heterocycles. The number of hydroxylamine groups is 1. The number of allylic oxidation sites excluding steroid dienone is 1. The lowest BCUT2D eigenvalue weighted by Crippen LogP contribution is -2.43. The van der Waals surface area contributed by atoms with E-state index in [1.165, 1.54) is 4.90 Å². The maximum absolute atomic E-state index is 13.3. The molecule has 1 atom stereocenters. The van der Waals surface area contributed by atoms with Crippen LogP contribution in [0, 0.1) is 13.8 Å². The molecule has 0 saturated carbocycles. The van der Waals surface area contributed by atoms with E-state index in [2.05, 4.69) is 11.4 Å². The van der Waals surface area contributed by atoms with Gasteiger partial charge in [0.1, 0.15) is 6.54 Å². The van der Waals surface area contributed by atoms with E-state index in [4.69, 9.17) is 5.21 Å². The van der Waals surface area contributed by atoms with Crippen LogP contribution in [0.15, 0.2) is 54.6 Å². The number of aryl methyl sites for hydroxylation is 2. The first kappa shape index (κ1) is 23.2. The molecule has 1 aliphatic rings. The SMILES string of the molecule is Cc1cc(C)cc(C(=O)N(CC(=O)N[C@H]2C=CCCC2)Cc2ccc(C(=O)NO)cc2)c1. The quantitative estimate of drug-likeness (QED) is 0.353. The second-order valence-corrected chi connectivity index (χ2v) is 8.21. The van der Waals surface area contributed by atoms with Crippen LogP contribution in [0.2, 0.25) is 0 Å². The lowest BCUT2D eigenvalue weighted by atomic mass is 10.0. The Hall–Kier alpha value is -3.45. The third-order valence-electron chi connectivity index (χ3n) is 5.38. The van der Waals surface area contributed by atoms with E-state index in [1.807, 2.05) is 38.1 Å². The molecular weight excluding hydrogens is 406 g/mol. The number of amides is 3. The van der Waals surface area contributed by atoms with Crippen molar-refractivity contribution in [3.63, 3.8) is 0 Å². The van der Waals surface area contributed by atoms with Crippen molar-refractivity contribution in [2.75, 3.05) is 6.54 Å². The van der Waals surface area contributed by atoms with Gasteiger partial charge in [-0.2, -0.15) is 0 Å². The highest BCUT2D eigenvalue weighted by Gasteiger charge is 2.21. The number of benzene rings is 2. The van der Waals surface area contributed by atoms with Crippen LogP contribution in [0.4, 0.5) is 0 Å². The van der Waals surface area contributed by atoms with Crippen LogP contribution in [-0.2, 0) is 11.3 Å². The Labute approximate surface area is 188 Å². The van der Waals surface area contributed by atoms with Crippen molar-refractivity contribution in [3.8, 4) is 0 Å². The first-order valence-electron chi connectivity index (χ1n) is 10.7. The average molecular weight is 436 g/mol. The number of hydrogen-bond donors (Lipinski definition) is 3. The summed E-state index contributed by atoms with van der Waals surface area (Å²) in [4.78, 5) is 39.1. The van der Waals surface area contributed by atoms with Crippen LogP contribution in [0.1, 0.15) is 56.7 Å². The summed E-state index contributed by atoms with van der Waals surface area (Å²) in [6.45, 7) is 4.00. The molecule has 0 spiro atoms. The topological polar surface area (TPSA) is 98.7 Å². The van der Waals surface area contributed by atoms with E-state index in [0.29, 0.717) is 11.1 Å². The summed E-state index contributed by atoms with van der Waals surface area (Å²) in [5, 5.41) is 11.8. The summed E-state index contributed by atoms with van der Waals surface area (Å²) in [5.74, 6) is -1.06. The summed E-state index contributed by atoms with van der Waals surface area (Å²) in [6, 6.07) is 12.2. The highest BCUT2D eigenvalue weighted by atomic mass is 16.5. The highest BCUT2D eigenvalue weighted by molar-refractivity contribution is 5.97. The van der Waals surface area contributed by atoms with E-state index in [-0.39, 0.29) is 30.9 Å². The zero-order chi connectivity index (χ0) is 23.1. The summed E-state index contributed by atoms with van der Waals surface area (Å²) < 4.78 is 0. The van der Waals surface area contributed by atoms with Gasteiger partial charge >= 0.3 is 0 Å². The molecule has 7 nitrogen and oxygen atoms in total. The molecule has 7 heteroatoms. The van der Waals surface area contributed by atoms with Crippen LogP contribution >= 0.6 is 0 Å². The van der Waals surface area contributed by atoms with Crippen LogP contribution < -0.4 is 10.8 Å². The van der Waals surface area contributed by atoms with Gasteiger partial charge in [-0.25, -0.2) is 5.48 Å². The van der Waals surface area contributed by atoms with Crippen molar-refractivity contribution < 1.29 is 19.6 Å². The summed E-state index contributed by atoms with van der Waals surface area (Å²) >= 11 is 0. The second-order valence-electron chi connectivity index (χ2n) is 8.21. The average Bonchev–Trinajstić information content (AvgIpc) is 2.78. The Morgan fingerprint density at radius 1 is 1.03 bits per heavy atom. The van der Waals surface area contributed by atoms with Gasteiger partial charge in [0.25, 0.3) is 11.8 Å². The number of nitrogens with one attached hydrogen (secondary N) is 2. The van der Waals surface area contributed by atoms with E-state index >= 15 is 0 Å². The number of rotatable bonds is 7. The molecule has 1 aliphatic carbocycles. The number of carbonyl (C=O) groups excluding carboxylic acids is 3. The predicted octanol–water partition coefficient (Wildman–Crippen LogP) is 3.29. The Kier molecular flexibility index (Phi) is 7.78.